The van der Waals surface area contributed by atoms with Crippen LogP contribution in [0, 0.1) is 6.92 Å². The number of thiocarbonyl (C=S) groups is 1. The predicted molar refractivity (Wildman–Crippen MR) is 139 cm³/mol. The number of rotatable bonds is 5. The minimum Gasteiger partial charge on any atom is -0.351 e. The summed E-state index contributed by atoms with van der Waals surface area (Å²) in [5.74, 6) is 0.484. The number of hydrogen-bond donors (Lipinski definition) is 1. The van der Waals surface area contributed by atoms with E-state index in [0.717, 1.165) is 17.1 Å². The van der Waals surface area contributed by atoms with E-state index in [-0.39, 0.29) is 12.1 Å². The van der Waals surface area contributed by atoms with E-state index in [1.807, 2.05) is 24.4 Å². The van der Waals surface area contributed by atoms with Crippen molar-refractivity contribution in [2.45, 2.75) is 38.8 Å². The normalized spacial score (nSPS) is 18.1. The minimum absolute atomic E-state index is 0.0498. The van der Waals surface area contributed by atoms with Gasteiger partial charge in [-0.1, -0.05) is 50.2 Å². The Kier molecular flexibility index (Phi) is 5.73. The molecule has 0 spiro atoms. The molecule has 1 saturated heterocycles. The summed E-state index contributed by atoms with van der Waals surface area (Å²) in [6.07, 6.45) is 1.85. The second-order valence-corrected chi connectivity index (χ2v) is 9.20. The molecule has 3 heterocycles. The summed E-state index contributed by atoms with van der Waals surface area (Å²) >= 11 is 5.91. The fraction of sp³-hybridized carbons (Fsp3) is 0.214. The van der Waals surface area contributed by atoms with Crippen molar-refractivity contribution in [3.8, 4) is 5.69 Å². The van der Waals surface area contributed by atoms with Gasteiger partial charge in [-0.15, -0.1) is 0 Å². The van der Waals surface area contributed by atoms with E-state index in [0.29, 0.717) is 11.0 Å². The Balaban J connectivity index is 1.67. The lowest BCUT2D eigenvalue weighted by molar-refractivity contribution is 0.548. The van der Waals surface area contributed by atoms with Crippen LogP contribution < -0.4 is 10.2 Å². The van der Waals surface area contributed by atoms with Crippen molar-refractivity contribution < 1.29 is 0 Å². The molecule has 1 aliphatic heterocycles. The molecule has 0 saturated carbocycles. The summed E-state index contributed by atoms with van der Waals surface area (Å²) in [5.41, 5.74) is 6.88. The molecule has 1 aliphatic rings. The smallest absolute Gasteiger partial charge is 0.174 e. The van der Waals surface area contributed by atoms with Gasteiger partial charge in [0.1, 0.15) is 6.04 Å². The van der Waals surface area contributed by atoms with Crippen LogP contribution >= 0.6 is 12.2 Å². The molecule has 0 radical (unpaired) electrons. The molecule has 5 rings (SSSR count). The van der Waals surface area contributed by atoms with E-state index in [1.165, 1.54) is 17.0 Å². The molecule has 0 unspecified atom stereocenters. The number of aromatic nitrogens is 2. The predicted octanol–water partition coefficient (Wildman–Crippen LogP) is 6.48. The summed E-state index contributed by atoms with van der Waals surface area (Å²) < 4.78 is 2.33. The topological polar surface area (TPSA) is 33.1 Å². The number of para-hydroxylation sites is 1. The maximum Gasteiger partial charge on any atom is 0.174 e. The Morgan fingerprint density at radius 3 is 2.24 bits per heavy atom. The van der Waals surface area contributed by atoms with Crippen LogP contribution in [0.15, 0.2) is 91.1 Å². The Hall–Kier alpha value is -3.44. The number of benzene rings is 2. The van der Waals surface area contributed by atoms with E-state index in [4.69, 9.17) is 12.2 Å². The summed E-state index contributed by atoms with van der Waals surface area (Å²) in [6.45, 7) is 6.58. The number of pyridine rings is 1. The monoisotopic (exact) mass is 452 g/mol. The third-order valence-corrected chi connectivity index (χ3v) is 6.67. The molecule has 4 aromatic rings. The van der Waals surface area contributed by atoms with Crippen LogP contribution in [0.1, 0.15) is 54.5 Å². The van der Waals surface area contributed by atoms with Crippen LogP contribution in [0.25, 0.3) is 5.69 Å². The number of nitrogens with zero attached hydrogens (tertiary/aromatic N) is 3. The molecule has 2 atom stereocenters. The fourth-order valence-corrected chi connectivity index (χ4v) is 5.02. The lowest BCUT2D eigenvalue weighted by Gasteiger charge is -2.29. The van der Waals surface area contributed by atoms with Crippen molar-refractivity contribution in [1.29, 1.82) is 0 Å². The highest BCUT2D eigenvalue weighted by molar-refractivity contribution is 7.80. The Labute approximate surface area is 200 Å². The molecule has 166 valence electrons. The second kappa shape index (κ2) is 8.83. The quantitative estimate of drug-likeness (QED) is 0.351. The van der Waals surface area contributed by atoms with Gasteiger partial charge in [0.2, 0.25) is 0 Å². The molecular formula is C28H28N4S. The van der Waals surface area contributed by atoms with Gasteiger partial charge in [0.25, 0.3) is 0 Å². The van der Waals surface area contributed by atoms with Gasteiger partial charge in [-0.05, 0) is 79.2 Å². The van der Waals surface area contributed by atoms with Gasteiger partial charge < -0.3 is 14.8 Å². The molecule has 2 aromatic carbocycles. The molecule has 2 aromatic heterocycles. The van der Waals surface area contributed by atoms with Gasteiger partial charge in [0.15, 0.2) is 5.11 Å². The first kappa shape index (κ1) is 21.4. The average Bonchev–Trinajstić information content (AvgIpc) is 3.39. The van der Waals surface area contributed by atoms with Gasteiger partial charge >= 0.3 is 0 Å². The zero-order valence-electron chi connectivity index (χ0n) is 19.1. The highest BCUT2D eigenvalue weighted by Gasteiger charge is 2.42. The SMILES string of the molecule is Cc1ccc([C@@H]2[C@H](c3ccccn3)NC(=S)N2c2ccc(C(C)C)cc2)n1-c1ccccc1. The Bertz CT molecular complexity index is 1250. The first-order valence-corrected chi connectivity index (χ1v) is 11.8. The van der Waals surface area contributed by atoms with Gasteiger partial charge in [-0.3, -0.25) is 4.98 Å². The highest BCUT2D eigenvalue weighted by atomic mass is 32.1. The molecule has 1 N–H and O–H groups in total. The average molecular weight is 453 g/mol. The largest absolute Gasteiger partial charge is 0.351 e. The molecule has 1 fully saturated rings. The first-order valence-electron chi connectivity index (χ1n) is 11.4. The molecule has 4 nitrogen and oxygen atoms in total. The molecule has 5 heteroatoms. The van der Waals surface area contributed by atoms with Crippen LogP contribution in [-0.2, 0) is 0 Å². The van der Waals surface area contributed by atoms with Crippen LogP contribution in [0.2, 0.25) is 0 Å². The summed E-state index contributed by atoms with van der Waals surface area (Å²) in [4.78, 5) is 6.93. The maximum atomic E-state index is 5.91. The Morgan fingerprint density at radius 2 is 1.58 bits per heavy atom. The van der Waals surface area contributed by atoms with E-state index in [9.17, 15) is 0 Å². The fourth-order valence-electron chi connectivity index (χ4n) is 4.67. The van der Waals surface area contributed by atoms with Crippen molar-refractivity contribution in [1.82, 2.24) is 14.9 Å². The van der Waals surface area contributed by atoms with E-state index in [1.54, 1.807) is 0 Å². The summed E-state index contributed by atoms with van der Waals surface area (Å²) in [5, 5.41) is 4.29. The number of nitrogens with one attached hydrogen (secondary N) is 1. The van der Waals surface area contributed by atoms with E-state index < -0.39 is 0 Å². The van der Waals surface area contributed by atoms with Crippen molar-refractivity contribution >= 4 is 23.0 Å². The molecule has 0 bridgehead atoms. The van der Waals surface area contributed by atoms with E-state index in [2.05, 4.69) is 107 Å². The van der Waals surface area contributed by atoms with E-state index >= 15 is 0 Å². The molecule has 0 amide bonds. The second-order valence-electron chi connectivity index (χ2n) is 8.81. The van der Waals surface area contributed by atoms with Crippen LogP contribution in [0.4, 0.5) is 5.69 Å². The van der Waals surface area contributed by atoms with Gasteiger partial charge in [-0.2, -0.15) is 0 Å². The highest BCUT2D eigenvalue weighted by Crippen LogP contribution is 2.42. The third-order valence-electron chi connectivity index (χ3n) is 6.36. The van der Waals surface area contributed by atoms with Crippen LogP contribution in [0.5, 0.6) is 0 Å². The lowest BCUT2D eigenvalue weighted by atomic mass is 9.99. The Morgan fingerprint density at radius 1 is 0.848 bits per heavy atom. The van der Waals surface area contributed by atoms with Gasteiger partial charge in [0, 0.05) is 29.0 Å². The van der Waals surface area contributed by atoms with Crippen LogP contribution in [0.3, 0.4) is 0 Å². The number of hydrogen-bond acceptors (Lipinski definition) is 2. The lowest BCUT2D eigenvalue weighted by Crippen LogP contribution is -2.30. The van der Waals surface area contributed by atoms with Crippen molar-refractivity contribution in [2.24, 2.45) is 0 Å². The third kappa shape index (κ3) is 3.93. The zero-order valence-corrected chi connectivity index (χ0v) is 20.0. The standard InChI is InChI=1S/C28H28N4S/c1-19(2)21-13-15-23(16-14-21)32-27(26(30-28(32)33)24-11-7-8-18-29-24)25-17-12-20(3)31(25)22-9-5-4-6-10-22/h4-19,26-27H,1-3H3,(H,30,33)/t26-,27+/m0/s1. The van der Waals surface area contributed by atoms with Gasteiger partial charge in [-0.25, -0.2) is 0 Å². The van der Waals surface area contributed by atoms with Crippen molar-refractivity contribution in [3.05, 3.63) is 114 Å². The maximum absolute atomic E-state index is 5.91. The molecular weight excluding hydrogens is 424 g/mol. The summed E-state index contributed by atoms with van der Waals surface area (Å²) in [7, 11) is 0. The zero-order chi connectivity index (χ0) is 22.9. The minimum atomic E-state index is -0.0692. The molecule has 33 heavy (non-hydrogen) atoms. The van der Waals surface area contributed by atoms with Gasteiger partial charge in [0.05, 0.1) is 11.7 Å². The van der Waals surface area contributed by atoms with Crippen LogP contribution in [-0.4, -0.2) is 14.7 Å². The summed E-state index contributed by atoms with van der Waals surface area (Å²) in [6, 6.07) is 29.6. The van der Waals surface area contributed by atoms with Crippen molar-refractivity contribution in [2.75, 3.05) is 4.90 Å². The first-order chi connectivity index (χ1) is 16.0. The molecule has 0 aliphatic carbocycles. The number of aryl methyl sites for hydroxylation is 1. The number of anilines is 1. The van der Waals surface area contributed by atoms with Crippen molar-refractivity contribution in [3.63, 3.8) is 0 Å².